The second kappa shape index (κ2) is 5.52. The van der Waals surface area contributed by atoms with Gasteiger partial charge in [-0.2, -0.15) is 21.6 Å². The average Bonchev–Trinajstić information content (AvgIpc) is 2.90. The third-order valence-electron chi connectivity index (χ3n) is 3.19. The molecular formula is C15H10F3NO4S. The standard InChI is InChI=1S/C15H10F3NO4S/c1-9-7-13-11(8-12(9)23-24(20,21)15(16,17)18)19-14(22-13)10-5-3-2-4-6-10/h2-8H,1H3. The Labute approximate surface area is 134 Å². The van der Waals surface area contributed by atoms with Crippen molar-refractivity contribution >= 4 is 21.2 Å². The van der Waals surface area contributed by atoms with Gasteiger partial charge in [-0.1, -0.05) is 18.2 Å². The van der Waals surface area contributed by atoms with E-state index in [1.165, 1.54) is 13.0 Å². The highest BCUT2D eigenvalue weighted by Gasteiger charge is 2.48. The predicted molar refractivity (Wildman–Crippen MR) is 79.8 cm³/mol. The molecule has 3 aromatic rings. The van der Waals surface area contributed by atoms with Gasteiger partial charge < -0.3 is 8.60 Å². The van der Waals surface area contributed by atoms with Crippen LogP contribution in [0.1, 0.15) is 5.56 Å². The Balaban J connectivity index is 2.05. The number of fused-ring (bicyclic) bond motifs is 1. The zero-order valence-corrected chi connectivity index (χ0v) is 13.0. The van der Waals surface area contributed by atoms with Crippen molar-refractivity contribution in [3.8, 4) is 17.2 Å². The number of nitrogens with zero attached hydrogens (tertiary/aromatic N) is 1. The molecule has 0 unspecified atom stereocenters. The number of aromatic nitrogens is 1. The van der Waals surface area contributed by atoms with Crippen LogP contribution in [0.3, 0.4) is 0 Å². The molecule has 0 atom stereocenters. The number of hydrogen-bond acceptors (Lipinski definition) is 5. The third kappa shape index (κ3) is 2.94. The molecule has 0 saturated heterocycles. The molecule has 0 aliphatic heterocycles. The first-order valence-corrected chi connectivity index (χ1v) is 8.05. The maximum Gasteiger partial charge on any atom is 0.534 e. The maximum atomic E-state index is 12.4. The van der Waals surface area contributed by atoms with Crippen LogP contribution in [-0.4, -0.2) is 18.9 Å². The van der Waals surface area contributed by atoms with Crippen LogP contribution in [-0.2, 0) is 10.1 Å². The van der Waals surface area contributed by atoms with E-state index in [2.05, 4.69) is 9.17 Å². The van der Waals surface area contributed by atoms with Gasteiger partial charge >= 0.3 is 15.6 Å². The van der Waals surface area contributed by atoms with Crippen molar-refractivity contribution in [1.29, 1.82) is 0 Å². The molecule has 0 N–H and O–H groups in total. The fraction of sp³-hybridized carbons (Fsp3) is 0.133. The van der Waals surface area contributed by atoms with Gasteiger partial charge in [0.1, 0.15) is 11.3 Å². The summed E-state index contributed by atoms with van der Waals surface area (Å²) in [6.45, 7) is 1.41. The van der Waals surface area contributed by atoms with Crippen molar-refractivity contribution < 1.29 is 30.2 Å². The highest BCUT2D eigenvalue weighted by molar-refractivity contribution is 7.88. The van der Waals surface area contributed by atoms with Crippen LogP contribution in [0, 0.1) is 6.92 Å². The summed E-state index contributed by atoms with van der Waals surface area (Å²) >= 11 is 0. The van der Waals surface area contributed by atoms with E-state index in [1.807, 2.05) is 6.07 Å². The summed E-state index contributed by atoms with van der Waals surface area (Å²) in [7, 11) is -5.75. The number of hydrogen-bond donors (Lipinski definition) is 0. The zero-order valence-electron chi connectivity index (χ0n) is 12.2. The van der Waals surface area contributed by atoms with E-state index >= 15 is 0 Å². The molecule has 9 heteroatoms. The summed E-state index contributed by atoms with van der Waals surface area (Å²) in [5.41, 5.74) is -4.16. The summed E-state index contributed by atoms with van der Waals surface area (Å²) in [6.07, 6.45) is 0. The molecule has 0 radical (unpaired) electrons. The van der Waals surface area contributed by atoms with Crippen LogP contribution in [0.5, 0.6) is 5.75 Å². The second-order valence-electron chi connectivity index (χ2n) is 4.95. The van der Waals surface area contributed by atoms with Gasteiger partial charge in [0.2, 0.25) is 5.89 Å². The average molecular weight is 357 g/mol. The minimum absolute atomic E-state index is 0.172. The molecule has 2 aromatic carbocycles. The molecule has 3 rings (SSSR count). The minimum atomic E-state index is -5.75. The van der Waals surface area contributed by atoms with Crippen LogP contribution >= 0.6 is 0 Å². The van der Waals surface area contributed by atoms with Gasteiger partial charge in [-0.15, -0.1) is 0 Å². The second-order valence-corrected chi connectivity index (χ2v) is 6.49. The predicted octanol–water partition coefficient (Wildman–Crippen LogP) is 4.03. The molecule has 0 spiro atoms. The first-order chi connectivity index (χ1) is 11.2. The van der Waals surface area contributed by atoms with Gasteiger partial charge in [-0.05, 0) is 30.7 Å². The van der Waals surface area contributed by atoms with Crippen LogP contribution in [0.25, 0.3) is 22.6 Å². The van der Waals surface area contributed by atoms with Gasteiger partial charge in [-0.3, -0.25) is 0 Å². The summed E-state index contributed by atoms with van der Waals surface area (Å²) in [6, 6.07) is 11.3. The highest BCUT2D eigenvalue weighted by atomic mass is 32.2. The van der Waals surface area contributed by atoms with Gasteiger partial charge in [0, 0.05) is 11.6 Å². The van der Waals surface area contributed by atoms with Crippen LogP contribution in [0.2, 0.25) is 0 Å². The van der Waals surface area contributed by atoms with Gasteiger partial charge in [0.05, 0.1) is 0 Å². The Kier molecular flexibility index (Phi) is 3.75. The number of rotatable bonds is 3. The zero-order chi connectivity index (χ0) is 17.5. The molecule has 0 bridgehead atoms. The largest absolute Gasteiger partial charge is 0.534 e. The van der Waals surface area contributed by atoms with E-state index in [9.17, 15) is 21.6 Å². The molecule has 0 fully saturated rings. The van der Waals surface area contributed by atoms with Crippen LogP contribution in [0.15, 0.2) is 46.9 Å². The Morgan fingerprint density at radius 1 is 1.12 bits per heavy atom. The smallest absolute Gasteiger partial charge is 0.436 e. The van der Waals surface area contributed by atoms with Crippen molar-refractivity contribution in [2.45, 2.75) is 12.4 Å². The van der Waals surface area contributed by atoms with Gasteiger partial charge in [-0.25, -0.2) is 4.98 Å². The summed E-state index contributed by atoms with van der Waals surface area (Å²) < 4.78 is 69.4. The fourth-order valence-electron chi connectivity index (χ4n) is 2.02. The minimum Gasteiger partial charge on any atom is -0.436 e. The molecule has 0 amide bonds. The number of halogens is 3. The van der Waals surface area contributed by atoms with E-state index in [1.54, 1.807) is 24.3 Å². The van der Waals surface area contributed by atoms with Crippen molar-refractivity contribution in [2.75, 3.05) is 0 Å². The van der Waals surface area contributed by atoms with Crippen LogP contribution in [0.4, 0.5) is 13.2 Å². The topological polar surface area (TPSA) is 69.4 Å². The molecule has 5 nitrogen and oxygen atoms in total. The van der Waals surface area contributed by atoms with Crippen molar-refractivity contribution in [3.63, 3.8) is 0 Å². The van der Waals surface area contributed by atoms with Gasteiger partial charge in [0.15, 0.2) is 5.58 Å². The lowest BCUT2D eigenvalue weighted by Crippen LogP contribution is -2.28. The summed E-state index contributed by atoms with van der Waals surface area (Å²) in [5, 5.41) is 0. The van der Waals surface area contributed by atoms with E-state index in [0.717, 1.165) is 6.07 Å². The van der Waals surface area contributed by atoms with E-state index in [4.69, 9.17) is 4.42 Å². The Morgan fingerprint density at radius 2 is 1.79 bits per heavy atom. The lowest BCUT2D eigenvalue weighted by atomic mass is 10.2. The molecule has 126 valence electrons. The van der Waals surface area contributed by atoms with Crippen molar-refractivity contribution in [3.05, 3.63) is 48.0 Å². The lowest BCUT2D eigenvalue weighted by molar-refractivity contribution is -0.0500. The van der Waals surface area contributed by atoms with Crippen molar-refractivity contribution in [1.82, 2.24) is 4.98 Å². The Morgan fingerprint density at radius 3 is 2.42 bits per heavy atom. The van der Waals surface area contributed by atoms with E-state index in [0.29, 0.717) is 11.1 Å². The van der Waals surface area contributed by atoms with E-state index < -0.39 is 21.4 Å². The molecule has 0 aliphatic carbocycles. The summed E-state index contributed by atoms with van der Waals surface area (Å²) in [5.74, 6) is -0.187. The number of alkyl halides is 3. The molecule has 1 aromatic heterocycles. The molecule has 24 heavy (non-hydrogen) atoms. The quantitative estimate of drug-likeness (QED) is 0.523. The maximum absolute atomic E-state index is 12.4. The van der Waals surface area contributed by atoms with E-state index in [-0.39, 0.29) is 17.0 Å². The third-order valence-corrected chi connectivity index (χ3v) is 4.15. The monoisotopic (exact) mass is 357 g/mol. The first-order valence-electron chi connectivity index (χ1n) is 6.65. The van der Waals surface area contributed by atoms with Crippen LogP contribution < -0.4 is 4.18 Å². The Hall–Kier alpha value is -2.55. The Bertz CT molecular complexity index is 995. The van der Waals surface area contributed by atoms with Crippen molar-refractivity contribution in [2.24, 2.45) is 0 Å². The summed E-state index contributed by atoms with van der Waals surface area (Å²) in [4.78, 5) is 4.15. The molecule has 0 aliphatic rings. The molecule has 0 saturated carbocycles. The SMILES string of the molecule is Cc1cc2oc(-c3ccccc3)nc2cc1OS(=O)(=O)C(F)(F)F. The van der Waals surface area contributed by atoms with Gasteiger partial charge in [0.25, 0.3) is 0 Å². The highest BCUT2D eigenvalue weighted by Crippen LogP contribution is 2.33. The number of benzene rings is 2. The fourth-order valence-corrected chi connectivity index (χ4v) is 2.53. The molecule has 1 heterocycles. The normalized spacial score (nSPS) is 12.5. The number of aryl methyl sites for hydroxylation is 1. The first kappa shape index (κ1) is 16.3. The number of oxazole rings is 1. The lowest BCUT2D eigenvalue weighted by Gasteiger charge is -2.10. The molecular weight excluding hydrogens is 347 g/mol.